The molecule has 0 bridgehead atoms. The zero-order chi connectivity index (χ0) is 19.7. The summed E-state index contributed by atoms with van der Waals surface area (Å²) in [6.45, 7) is 1.55. The number of nitrogens with zero attached hydrogens (tertiary/aromatic N) is 1. The van der Waals surface area contributed by atoms with Crippen LogP contribution in [0.1, 0.15) is 30.1 Å². The van der Waals surface area contributed by atoms with Crippen molar-refractivity contribution in [2.24, 2.45) is 0 Å². The number of benzene rings is 1. The van der Waals surface area contributed by atoms with E-state index in [0.717, 1.165) is 6.07 Å². The molecule has 6 nitrogen and oxygen atoms in total. The molecule has 1 heterocycles. The van der Waals surface area contributed by atoms with Gasteiger partial charge in [-0.25, -0.2) is 4.79 Å². The maximum absolute atomic E-state index is 13.6. The van der Waals surface area contributed by atoms with Crippen LogP contribution in [0.3, 0.4) is 0 Å². The molecule has 0 aromatic heterocycles. The highest BCUT2D eigenvalue weighted by Gasteiger charge is 2.68. The fourth-order valence-corrected chi connectivity index (χ4v) is 2.85. The Morgan fingerprint density at radius 3 is 2.50 bits per heavy atom. The van der Waals surface area contributed by atoms with Crippen LogP contribution in [0.2, 0.25) is 10.0 Å². The number of nitrogens with one attached hydrogen (secondary N) is 2. The number of hydrogen-bond donors (Lipinski definition) is 2. The number of halogens is 5. The van der Waals surface area contributed by atoms with Gasteiger partial charge in [-0.05, 0) is 24.6 Å². The van der Waals surface area contributed by atoms with Gasteiger partial charge in [-0.2, -0.15) is 13.2 Å². The molecule has 0 unspecified atom stereocenters. The van der Waals surface area contributed by atoms with Gasteiger partial charge in [0, 0.05) is 11.6 Å². The van der Waals surface area contributed by atoms with E-state index in [1.54, 1.807) is 17.6 Å². The van der Waals surface area contributed by atoms with Crippen LogP contribution >= 0.6 is 23.2 Å². The minimum Gasteiger partial charge on any atom is -0.314 e. The smallest absolute Gasteiger partial charge is 0.314 e. The molecule has 1 atom stereocenters. The number of carbonyl (C=O) groups is 3. The topological polar surface area (TPSA) is 78.5 Å². The van der Waals surface area contributed by atoms with Gasteiger partial charge in [0.2, 0.25) is 0 Å². The second-order valence-electron chi connectivity index (χ2n) is 5.57. The third kappa shape index (κ3) is 3.59. The van der Waals surface area contributed by atoms with E-state index in [0.29, 0.717) is 17.7 Å². The van der Waals surface area contributed by atoms with Crippen molar-refractivity contribution in [3.63, 3.8) is 0 Å². The van der Waals surface area contributed by atoms with Gasteiger partial charge in [0.25, 0.3) is 17.5 Å². The molecule has 11 heteroatoms. The fourth-order valence-electron chi connectivity index (χ4n) is 2.35. The first kappa shape index (κ1) is 20.3. The molecule has 1 fully saturated rings. The molecule has 1 aliphatic heterocycles. The van der Waals surface area contributed by atoms with Crippen LogP contribution in [0.4, 0.5) is 18.0 Å². The SMILES string of the molecule is CCCCN1C(=O)N[C@](NC(=O)c2ccc(Cl)cc2Cl)(C(F)(F)F)C1=O. The van der Waals surface area contributed by atoms with Gasteiger partial charge in [0.1, 0.15) is 0 Å². The first-order valence-electron chi connectivity index (χ1n) is 7.52. The van der Waals surface area contributed by atoms with Gasteiger partial charge >= 0.3 is 12.2 Å². The quantitative estimate of drug-likeness (QED) is 0.729. The number of unbranched alkanes of at least 4 members (excludes halogenated alkanes) is 1. The maximum Gasteiger partial charge on any atom is 0.440 e. The Labute approximate surface area is 156 Å². The third-order valence-corrected chi connectivity index (χ3v) is 4.29. The molecule has 1 aliphatic rings. The zero-order valence-electron chi connectivity index (χ0n) is 13.4. The van der Waals surface area contributed by atoms with E-state index in [1.807, 2.05) is 0 Å². The van der Waals surface area contributed by atoms with Crippen molar-refractivity contribution >= 4 is 41.0 Å². The molecule has 142 valence electrons. The first-order valence-corrected chi connectivity index (χ1v) is 8.27. The van der Waals surface area contributed by atoms with Crippen molar-refractivity contribution in [3.05, 3.63) is 33.8 Å². The Morgan fingerprint density at radius 2 is 1.96 bits per heavy atom. The normalized spacial score (nSPS) is 20.3. The minimum absolute atomic E-state index is 0.174. The molecular weight excluding hydrogens is 398 g/mol. The molecule has 1 saturated heterocycles. The lowest BCUT2D eigenvalue weighted by atomic mass is 10.1. The summed E-state index contributed by atoms with van der Waals surface area (Å²) in [6.07, 6.45) is -4.39. The number of imide groups is 1. The highest BCUT2D eigenvalue weighted by atomic mass is 35.5. The number of alkyl halides is 3. The zero-order valence-corrected chi connectivity index (χ0v) is 14.9. The molecule has 0 radical (unpaired) electrons. The van der Waals surface area contributed by atoms with E-state index in [-0.39, 0.29) is 22.2 Å². The number of carbonyl (C=O) groups excluding carboxylic acids is 3. The Bertz CT molecular complexity index is 757. The van der Waals surface area contributed by atoms with Gasteiger partial charge in [0.15, 0.2) is 0 Å². The third-order valence-electron chi connectivity index (χ3n) is 3.74. The predicted molar refractivity (Wildman–Crippen MR) is 87.9 cm³/mol. The van der Waals surface area contributed by atoms with E-state index in [4.69, 9.17) is 23.2 Å². The summed E-state index contributed by atoms with van der Waals surface area (Å²) in [5.41, 5.74) is -3.88. The molecule has 0 spiro atoms. The molecule has 2 rings (SSSR count). The van der Waals surface area contributed by atoms with E-state index in [2.05, 4.69) is 0 Å². The van der Waals surface area contributed by atoms with E-state index >= 15 is 0 Å². The second-order valence-corrected chi connectivity index (χ2v) is 6.41. The molecule has 2 N–H and O–H groups in total. The van der Waals surface area contributed by atoms with E-state index in [1.165, 1.54) is 12.1 Å². The van der Waals surface area contributed by atoms with Crippen LogP contribution in [-0.4, -0.2) is 41.1 Å². The van der Waals surface area contributed by atoms with Gasteiger partial charge in [-0.3, -0.25) is 19.8 Å². The standard InChI is InChI=1S/C15H14Cl2F3N3O3/c1-2-3-6-23-12(25)14(15(18,19)20,22-13(23)26)21-11(24)9-5-4-8(16)7-10(9)17/h4-5,7H,2-3,6H2,1H3,(H,21,24)(H,22,26)/t14-/m0/s1. The monoisotopic (exact) mass is 411 g/mol. The van der Waals surface area contributed by atoms with Crippen LogP contribution in [0.15, 0.2) is 18.2 Å². The molecule has 1 aromatic rings. The lowest BCUT2D eigenvalue weighted by Gasteiger charge is -2.30. The lowest BCUT2D eigenvalue weighted by Crippen LogP contribution is -2.69. The molecule has 0 aliphatic carbocycles. The Balaban J connectivity index is 2.38. The van der Waals surface area contributed by atoms with Crippen molar-refractivity contribution in [2.45, 2.75) is 31.6 Å². The number of urea groups is 1. The van der Waals surface area contributed by atoms with Crippen molar-refractivity contribution in [1.82, 2.24) is 15.5 Å². The summed E-state index contributed by atoms with van der Waals surface area (Å²) in [5, 5.41) is 3.11. The van der Waals surface area contributed by atoms with Crippen LogP contribution in [-0.2, 0) is 4.79 Å². The summed E-state index contributed by atoms with van der Waals surface area (Å²) in [4.78, 5) is 37.0. The largest absolute Gasteiger partial charge is 0.440 e. The number of amides is 4. The Morgan fingerprint density at radius 1 is 1.31 bits per heavy atom. The summed E-state index contributed by atoms with van der Waals surface area (Å²) >= 11 is 11.5. The van der Waals surface area contributed by atoms with E-state index < -0.39 is 29.7 Å². The minimum atomic E-state index is -5.27. The highest BCUT2D eigenvalue weighted by Crippen LogP contribution is 2.34. The predicted octanol–water partition coefficient (Wildman–Crippen LogP) is 3.33. The summed E-state index contributed by atoms with van der Waals surface area (Å²) in [5.74, 6) is -2.88. The van der Waals surface area contributed by atoms with Gasteiger partial charge in [0.05, 0.1) is 10.6 Å². The Hall–Kier alpha value is -2.00. The second kappa shape index (κ2) is 7.32. The van der Waals surface area contributed by atoms with Crippen molar-refractivity contribution < 1.29 is 27.6 Å². The number of hydrogen-bond acceptors (Lipinski definition) is 3. The average Bonchev–Trinajstić information content (AvgIpc) is 2.76. The van der Waals surface area contributed by atoms with Crippen LogP contribution in [0, 0.1) is 0 Å². The maximum atomic E-state index is 13.6. The first-order chi connectivity index (χ1) is 12.0. The number of rotatable bonds is 5. The van der Waals surface area contributed by atoms with Gasteiger partial charge in [-0.15, -0.1) is 0 Å². The summed E-state index contributed by atoms with van der Waals surface area (Å²) in [6, 6.07) is 2.30. The highest BCUT2D eigenvalue weighted by molar-refractivity contribution is 6.36. The average molecular weight is 412 g/mol. The van der Waals surface area contributed by atoms with Crippen LogP contribution < -0.4 is 10.6 Å². The fraction of sp³-hybridized carbons (Fsp3) is 0.400. The molecule has 0 saturated carbocycles. The molecule has 26 heavy (non-hydrogen) atoms. The Kier molecular flexibility index (Phi) is 5.72. The van der Waals surface area contributed by atoms with Crippen molar-refractivity contribution in [3.8, 4) is 0 Å². The van der Waals surface area contributed by atoms with Crippen LogP contribution in [0.5, 0.6) is 0 Å². The summed E-state index contributed by atoms with van der Waals surface area (Å²) < 4.78 is 40.9. The van der Waals surface area contributed by atoms with Crippen molar-refractivity contribution in [2.75, 3.05) is 6.54 Å². The molecule has 4 amide bonds. The molecule has 1 aromatic carbocycles. The summed E-state index contributed by atoms with van der Waals surface area (Å²) in [7, 11) is 0. The van der Waals surface area contributed by atoms with Gasteiger partial charge < -0.3 is 5.32 Å². The molecular formula is C15H14Cl2F3N3O3. The van der Waals surface area contributed by atoms with Crippen molar-refractivity contribution in [1.29, 1.82) is 0 Å². The lowest BCUT2D eigenvalue weighted by molar-refractivity contribution is -0.200. The van der Waals surface area contributed by atoms with Crippen LogP contribution in [0.25, 0.3) is 0 Å². The van der Waals surface area contributed by atoms with E-state index in [9.17, 15) is 27.6 Å². The van der Waals surface area contributed by atoms with Gasteiger partial charge in [-0.1, -0.05) is 36.5 Å².